The standard InChI is InChI=1S/C20H33N3O4.HI/c1-5-25-17-11-10-16(15-18(17)26-6-2)12-14-23-20(21-4)22-13-8-9-19(24)27-7-3;/h10-11,15H,5-9,12-14H2,1-4H3,(H2,21,22,23);1H. The molecule has 0 spiro atoms. The number of guanidine groups is 1. The Balaban J connectivity index is 0.00000729. The first kappa shape index (κ1) is 26.3. The van der Waals surface area contributed by atoms with E-state index in [9.17, 15) is 4.79 Å². The minimum Gasteiger partial charge on any atom is -0.490 e. The van der Waals surface area contributed by atoms with Gasteiger partial charge in [0.1, 0.15) is 0 Å². The summed E-state index contributed by atoms with van der Waals surface area (Å²) >= 11 is 0. The molecule has 1 rings (SSSR count). The largest absolute Gasteiger partial charge is 0.490 e. The first-order valence-corrected chi connectivity index (χ1v) is 9.63. The number of carbonyl (C=O) groups is 1. The van der Waals surface area contributed by atoms with Gasteiger partial charge in [0.05, 0.1) is 19.8 Å². The summed E-state index contributed by atoms with van der Waals surface area (Å²) in [5, 5.41) is 6.47. The van der Waals surface area contributed by atoms with E-state index in [1.165, 1.54) is 0 Å². The Morgan fingerprint density at radius 3 is 2.32 bits per heavy atom. The maximum absolute atomic E-state index is 11.3. The SMILES string of the molecule is CCOC(=O)CCCNC(=NC)NCCc1ccc(OCC)c(OCC)c1.I. The Morgan fingerprint density at radius 1 is 1.00 bits per heavy atom. The van der Waals surface area contributed by atoms with Gasteiger partial charge in [0.2, 0.25) is 0 Å². The average molecular weight is 507 g/mol. The molecule has 1 aromatic carbocycles. The molecule has 0 saturated carbocycles. The highest BCUT2D eigenvalue weighted by Gasteiger charge is 2.07. The van der Waals surface area contributed by atoms with Crippen LogP contribution >= 0.6 is 24.0 Å². The van der Waals surface area contributed by atoms with Crippen LogP contribution in [0.2, 0.25) is 0 Å². The lowest BCUT2D eigenvalue weighted by Crippen LogP contribution is -2.38. The Labute approximate surface area is 185 Å². The zero-order valence-corrected chi connectivity index (χ0v) is 19.7. The second-order valence-electron chi connectivity index (χ2n) is 5.73. The average Bonchev–Trinajstić information content (AvgIpc) is 2.66. The molecule has 160 valence electrons. The first-order chi connectivity index (χ1) is 13.1. The molecule has 0 bridgehead atoms. The highest BCUT2D eigenvalue weighted by Crippen LogP contribution is 2.28. The summed E-state index contributed by atoms with van der Waals surface area (Å²) in [6, 6.07) is 6.02. The first-order valence-electron chi connectivity index (χ1n) is 9.63. The molecule has 7 nitrogen and oxygen atoms in total. The highest BCUT2D eigenvalue weighted by molar-refractivity contribution is 14.0. The van der Waals surface area contributed by atoms with Gasteiger partial charge in [0.15, 0.2) is 17.5 Å². The molecule has 1 aromatic rings. The fourth-order valence-corrected chi connectivity index (χ4v) is 2.47. The van der Waals surface area contributed by atoms with Crippen LogP contribution in [-0.4, -0.2) is 51.9 Å². The minimum atomic E-state index is -0.164. The van der Waals surface area contributed by atoms with E-state index in [0.717, 1.165) is 36.0 Å². The Hall–Kier alpha value is -1.71. The molecule has 0 unspecified atom stereocenters. The molecule has 0 atom stereocenters. The van der Waals surface area contributed by atoms with Crippen LogP contribution in [0.1, 0.15) is 39.2 Å². The van der Waals surface area contributed by atoms with Crippen molar-refractivity contribution < 1.29 is 19.0 Å². The van der Waals surface area contributed by atoms with Gasteiger partial charge in [0, 0.05) is 26.6 Å². The summed E-state index contributed by atoms with van der Waals surface area (Å²) in [7, 11) is 1.73. The fraction of sp³-hybridized carbons (Fsp3) is 0.600. The van der Waals surface area contributed by atoms with Crippen LogP contribution in [0.25, 0.3) is 0 Å². The van der Waals surface area contributed by atoms with Crippen molar-refractivity contribution in [1.29, 1.82) is 0 Å². The van der Waals surface area contributed by atoms with Gasteiger partial charge in [0.25, 0.3) is 0 Å². The summed E-state index contributed by atoms with van der Waals surface area (Å²) in [6.07, 6.45) is 1.94. The number of nitrogens with zero attached hydrogens (tertiary/aromatic N) is 1. The third kappa shape index (κ3) is 10.6. The van der Waals surface area contributed by atoms with E-state index in [4.69, 9.17) is 14.2 Å². The fourth-order valence-electron chi connectivity index (χ4n) is 2.47. The molecule has 0 amide bonds. The maximum Gasteiger partial charge on any atom is 0.305 e. The van der Waals surface area contributed by atoms with Gasteiger partial charge in [-0.15, -0.1) is 24.0 Å². The van der Waals surface area contributed by atoms with E-state index in [0.29, 0.717) is 39.2 Å². The van der Waals surface area contributed by atoms with E-state index < -0.39 is 0 Å². The van der Waals surface area contributed by atoms with Crippen molar-refractivity contribution >= 4 is 35.9 Å². The summed E-state index contributed by atoms with van der Waals surface area (Å²) in [5.74, 6) is 2.10. The molecule has 0 saturated heterocycles. The lowest BCUT2D eigenvalue weighted by atomic mass is 10.1. The molecule has 0 aliphatic heterocycles. The molecule has 0 aliphatic rings. The van der Waals surface area contributed by atoms with Crippen LogP contribution in [0.3, 0.4) is 0 Å². The summed E-state index contributed by atoms with van der Waals surface area (Å²) in [5.41, 5.74) is 1.16. The predicted molar refractivity (Wildman–Crippen MR) is 123 cm³/mol. The number of esters is 1. The number of rotatable bonds is 12. The Morgan fingerprint density at radius 2 is 1.68 bits per heavy atom. The minimum absolute atomic E-state index is 0. The normalized spacial score (nSPS) is 10.6. The van der Waals surface area contributed by atoms with Gasteiger partial charge in [-0.3, -0.25) is 9.79 Å². The summed E-state index contributed by atoms with van der Waals surface area (Å²) < 4.78 is 16.2. The molecule has 28 heavy (non-hydrogen) atoms. The van der Waals surface area contributed by atoms with Crippen molar-refractivity contribution in [3.05, 3.63) is 23.8 Å². The van der Waals surface area contributed by atoms with Crippen molar-refractivity contribution in [1.82, 2.24) is 10.6 Å². The van der Waals surface area contributed by atoms with Crippen molar-refractivity contribution in [2.75, 3.05) is 40.0 Å². The molecule has 0 aromatic heterocycles. The zero-order valence-electron chi connectivity index (χ0n) is 17.4. The van der Waals surface area contributed by atoms with Crippen molar-refractivity contribution in [3.8, 4) is 11.5 Å². The number of ether oxygens (including phenoxy) is 3. The van der Waals surface area contributed by atoms with E-state index in [1.807, 2.05) is 39.0 Å². The van der Waals surface area contributed by atoms with Gasteiger partial charge in [-0.05, 0) is 51.3 Å². The Bertz CT molecular complexity index is 597. The van der Waals surface area contributed by atoms with Crippen LogP contribution in [0.5, 0.6) is 11.5 Å². The third-order valence-electron chi connectivity index (χ3n) is 3.69. The van der Waals surface area contributed by atoms with Crippen molar-refractivity contribution in [3.63, 3.8) is 0 Å². The molecular weight excluding hydrogens is 473 g/mol. The number of halogens is 1. The number of hydrogen-bond acceptors (Lipinski definition) is 5. The predicted octanol–water partition coefficient (Wildman–Crippen LogP) is 3.15. The number of benzene rings is 1. The summed E-state index contributed by atoms with van der Waals surface area (Å²) in [6.45, 7) is 8.76. The van der Waals surface area contributed by atoms with Crippen molar-refractivity contribution in [2.24, 2.45) is 4.99 Å². The van der Waals surface area contributed by atoms with Crippen LogP contribution < -0.4 is 20.1 Å². The zero-order chi connectivity index (χ0) is 19.9. The number of nitrogens with one attached hydrogen (secondary N) is 2. The molecule has 8 heteroatoms. The number of aliphatic imine (C=N–C) groups is 1. The topological polar surface area (TPSA) is 81.2 Å². The summed E-state index contributed by atoms with van der Waals surface area (Å²) in [4.78, 5) is 15.5. The Kier molecular flexibility index (Phi) is 15.3. The number of carbonyl (C=O) groups excluding carboxylic acids is 1. The van der Waals surface area contributed by atoms with Crippen LogP contribution in [0.4, 0.5) is 0 Å². The van der Waals surface area contributed by atoms with Gasteiger partial charge in [-0.1, -0.05) is 6.07 Å². The van der Waals surface area contributed by atoms with Crippen LogP contribution in [0, 0.1) is 0 Å². The highest BCUT2D eigenvalue weighted by atomic mass is 127. The lowest BCUT2D eigenvalue weighted by molar-refractivity contribution is -0.143. The van der Waals surface area contributed by atoms with Gasteiger partial charge < -0.3 is 24.8 Å². The third-order valence-corrected chi connectivity index (χ3v) is 3.69. The maximum atomic E-state index is 11.3. The molecule has 0 aliphatic carbocycles. The van der Waals surface area contributed by atoms with Crippen LogP contribution in [-0.2, 0) is 16.0 Å². The van der Waals surface area contributed by atoms with Gasteiger partial charge in [-0.25, -0.2) is 0 Å². The second kappa shape index (κ2) is 16.3. The molecule has 0 fully saturated rings. The monoisotopic (exact) mass is 507 g/mol. The molecular formula is C20H34IN3O4. The van der Waals surface area contributed by atoms with E-state index >= 15 is 0 Å². The quantitative estimate of drug-likeness (QED) is 0.149. The smallest absolute Gasteiger partial charge is 0.305 e. The van der Waals surface area contributed by atoms with Crippen LogP contribution in [0.15, 0.2) is 23.2 Å². The lowest BCUT2D eigenvalue weighted by Gasteiger charge is -2.14. The van der Waals surface area contributed by atoms with E-state index in [2.05, 4.69) is 15.6 Å². The number of hydrogen-bond donors (Lipinski definition) is 2. The second-order valence-corrected chi connectivity index (χ2v) is 5.73. The molecule has 0 radical (unpaired) electrons. The van der Waals surface area contributed by atoms with Gasteiger partial charge in [-0.2, -0.15) is 0 Å². The molecule has 2 N–H and O–H groups in total. The van der Waals surface area contributed by atoms with Crippen molar-refractivity contribution in [2.45, 2.75) is 40.0 Å². The van der Waals surface area contributed by atoms with E-state index in [-0.39, 0.29) is 29.9 Å². The van der Waals surface area contributed by atoms with E-state index in [1.54, 1.807) is 7.05 Å². The molecule has 0 heterocycles. The van der Waals surface area contributed by atoms with Gasteiger partial charge >= 0.3 is 5.97 Å².